The van der Waals surface area contributed by atoms with E-state index >= 15 is 0 Å². The van der Waals surface area contributed by atoms with Crippen LogP contribution < -0.4 is 10.3 Å². The van der Waals surface area contributed by atoms with Crippen LogP contribution in [0.2, 0.25) is 0 Å². The quantitative estimate of drug-likeness (QED) is 0.749. The van der Waals surface area contributed by atoms with Gasteiger partial charge in [-0.15, -0.1) is 0 Å². The van der Waals surface area contributed by atoms with E-state index in [9.17, 15) is 14.7 Å². The summed E-state index contributed by atoms with van der Waals surface area (Å²) in [6.07, 6.45) is -0.00498. The van der Waals surface area contributed by atoms with Gasteiger partial charge in [-0.3, -0.25) is 9.59 Å². The van der Waals surface area contributed by atoms with E-state index < -0.39 is 5.91 Å². The number of nitrogens with one attached hydrogen (secondary N) is 1. The maximum Gasteiger partial charge on any atom is 0.260 e. The average Bonchev–Trinajstić information content (AvgIpc) is 3.03. The van der Waals surface area contributed by atoms with Gasteiger partial charge in [0.1, 0.15) is 11.6 Å². The predicted octanol–water partition coefficient (Wildman–Crippen LogP) is 3.03. The molecule has 1 heterocycles. The van der Waals surface area contributed by atoms with Gasteiger partial charge >= 0.3 is 0 Å². The van der Waals surface area contributed by atoms with Gasteiger partial charge in [-0.25, -0.2) is 0 Å². The summed E-state index contributed by atoms with van der Waals surface area (Å²) in [5.41, 5.74) is 0.771. The number of amidine groups is 1. The highest BCUT2D eigenvalue weighted by molar-refractivity contribution is 6.18. The Morgan fingerprint density at radius 1 is 1.00 bits per heavy atom. The normalized spacial score (nSPS) is 13.8. The van der Waals surface area contributed by atoms with Crippen molar-refractivity contribution >= 4 is 34.1 Å². The van der Waals surface area contributed by atoms with Crippen molar-refractivity contribution in [3.05, 3.63) is 72.3 Å². The smallest absolute Gasteiger partial charge is 0.260 e. The number of nitrogens with zero attached hydrogens (tertiary/aromatic N) is 2. The number of para-hydroxylation sites is 1. The molecule has 0 atom stereocenters. The van der Waals surface area contributed by atoms with Crippen LogP contribution in [0.15, 0.2) is 71.8 Å². The number of amides is 2. The molecule has 3 aromatic carbocycles. The summed E-state index contributed by atoms with van der Waals surface area (Å²) < 4.78 is 0. The van der Waals surface area contributed by atoms with Gasteiger partial charge in [-0.05, 0) is 23.6 Å². The SMILES string of the molecule is O=C(NC1=NN(c2ccccc2)C(=O)C1)c1ccc2ccccc2c1O. The first-order valence-electron chi connectivity index (χ1n) is 8.11. The molecule has 26 heavy (non-hydrogen) atoms. The van der Waals surface area contributed by atoms with E-state index in [2.05, 4.69) is 10.4 Å². The van der Waals surface area contributed by atoms with Crippen LogP contribution in [0.4, 0.5) is 5.69 Å². The third-order valence-electron chi connectivity index (χ3n) is 4.18. The van der Waals surface area contributed by atoms with Crippen LogP contribution in [0, 0.1) is 0 Å². The zero-order valence-corrected chi connectivity index (χ0v) is 13.7. The Labute approximate surface area is 149 Å². The first kappa shape index (κ1) is 15.8. The van der Waals surface area contributed by atoms with Crippen LogP contribution in [-0.4, -0.2) is 22.8 Å². The number of fused-ring (bicyclic) bond motifs is 1. The van der Waals surface area contributed by atoms with E-state index in [-0.39, 0.29) is 29.5 Å². The van der Waals surface area contributed by atoms with Crippen LogP contribution in [0.25, 0.3) is 10.8 Å². The van der Waals surface area contributed by atoms with E-state index in [0.717, 1.165) is 5.39 Å². The number of rotatable bonds is 2. The lowest BCUT2D eigenvalue weighted by Crippen LogP contribution is -2.29. The number of carbonyl (C=O) groups is 2. The molecule has 1 aliphatic heterocycles. The summed E-state index contributed by atoms with van der Waals surface area (Å²) in [7, 11) is 0. The fourth-order valence-corrected chi connectivity index (χ4v) is 2.91. The zero-order valence-electron chi connectivity index (χ0n) is 13.7. The lowest BCUT2D eigenvalue weighted by molar-refractivity contribution is -0.116. The summed E-state index contributed by atoms with van der Waals surface area (Å²) in [4.78, 5) is 24.7. The highest BCUT2D eigenvalue weighted by Gasteiger charge is 2.27. The third kappa shape index (κ3) is 2.77. The maximum absolute atomic E-state index is 12.5. The molecule has 0 bridgehead atoms. The second-order valence-corrected chi connectivity index (χ2v) is 5.90. The Kier molecular flexibility index (Phi) is 3.85. The van der Waals surface area contributed by atoms with Crippen molar-refractivity contribution in [3.8, 4) is 5.75 Å². The summed E-state index contributed by atoms with van der Waals surface area (Å²) in [5.74, 6) is -0.578. The fraction of sp³-hybridized carbons (Fsp3) is 0.0500. The number of phenols is 1. The third-order valence-corrected chi connectivity index (χ3v) is 4.18. The molecule has 128 valence electrons. The lowest BCUT2D eigenvalue weighted by atomic mass is 10.0. The number of hydrogen-bond donors (Lipinski definition) is 2. The molecule has 0 aliphatic carbocycles. The molecular formula is C20H15N3O3. The van der Waals surface area contributed by atoms with E-state index in [1.54, 1.807) is 36.4 Å². The summed E-state index contributed by atoms with van der Waals surface area (Å²) >= 11 is 0. The van der Waals surface area contributed by atoms with Gasteiger partial charge in [0.05, 0.1) is 17.7 Å². The van der Waals surface area contributed by atoms with Gasteiger partial charge in [-0.1, -0.05) is 48.5 Å². The van der Waals surface area contributed by atoms with Gasteiger partial charge in [0.2, 0.25) is 0 Å². The number of benzene rings is 3. The molecule has 2 N–H and O–H groups in total. The van der Waals surface area contributed by atoms with Crippen LogP contribution in [0.1, 0.15) is 16.8 Å². The van der Waals surface area contributed by atoms with Gasteiger partial charge in [-0.2, -0.15) is 10.1 Å². The van der Waals surface area contributed by atoms with Crippen molar-refractivity contribution in [2.45, 2.75) is 6.42 Å². The van der Waals surface area contributed by atoms with Crippen LogP contribution >= 0.6 is 0 Å². The number of hydrogen-bond acceptors (Lipinski definition) is 4. The Morgan fingerprint density at radius 2 is 1.73 bits per heavy atom. The minimum Gasteiger partial charge on any atom is -0.506 e. The van der Waals surface area contributed by atoms with Crippen molar-refractivity contribution in [3.63, 3.8) is 0 Å². The van der Waals surface area contributed by atoms with Crippen LogP contribution in [0.3, 0.4) is 0 Å². The maximum atomic E-state index is 12.5. The molecule has 0 unspecified atom stereocenters. The largest absolute Gasteiger partial charge is 0.506 e. The monoisotopic (exact) mass is 345 g/mol. The minimum atomic E-state index is -0.505. The highest BCUT2D eigenvalue weighted by atomic mass is 16.3. The van der Waals surface area contributed by atoms with Crippen molar-refractivity contribution < 1.29 is 14.7 Å². The molecule has 6 heteroatoms. The zero-order chi connectivity index (χ0) is 18.1. The number of carbonyl (C=O) groups excluding carboxylic acids is 2. The van der Waals surface area contributed by atoms with Gasteiger partial charge in [0.15, 0.2) is 0 Å². The molecule has 2 amide bonds. The van der Waals surface area contributed by atoms with Crippen LogP contribution in [0.5, 0.6) is 5.75 Å². The molecule has 1 aliphatic rings. The molecule has 4 rings (SSSR count). The molecule has 0 saturated carbocycles. The Bertz CT molecular complexity index is 1040. The highest BCUT2D eigenvalue weighted by Crippen LogP contribution is 2.28. The first-order chi connectivity index (χ1) is 12.6. The van der Waals surface area contributed by atoms with E-state index in [4.69, 9.17) is 0 Å². The standard InChI is InChI=1S/C20H15N3O3/c24-18-12-17(22-23(18)14-7-2-1-3-8-14)21-20(26)16-11-10-13-6-4-5-9-15(13)19(16)25/h1-11,25H,12H2,(H,21,22,26). The van der Waals surface area contributed by atoms with Gasteiger partial charge in [0.25, 0.3) is 11.8 Å². The molecule has 0 aromatic heterocycles. The predicted molar refractivity (Wildman–Crippen MR) is 99.1 cm³/mol. The Balaban J connectivity index is 1.59. The topological polar surface area (TPSA) is 82.0 Å². The summed E-state index contributed by atoms with van der Waals surface area (Å²) in [6, 6.07) is 19.6. The average molecular weight is 345 g/mol. The van der Waals surface area contributed by atoms with E-state index in [1.165, 1.54) is 5.01 Å². The molecule has 0 spiro atoms. The molecule has 0 saturated heterocycles. The molecular weight excluding hydrogens is 330 g/mol. The first-order valence-corrected chi connectivity index (χ1v) is 8.11. The van der Waals surface area contributed by atoms with Gasteiger partial charge in [0, 0.05) is 5.39 Å². The van der Waals surface area contributed by atoms with Gasteiger partial charge < -0.3 is 10.4 Å². The van der Waals surface area contributed by atoms with Crippen molar-refractivity contribution in [2.75, 3.05) is 5.01 Å². The number of aromatic hydroxyl groups is 1. The van der Waals surface area contributed by atoms with E-state index in [0.29, 0.717) is 11.1 Å². The minimum absolute atomic E-state index is 0.00498. The Hall–Kier alpha value is -3.67. The van der Waals surface area contributed by atoms with E-state index in [1.807, 2.05) is 30.3 Å². The van der Waals surface area contributed by atoms with Crippen molar-refractivity contribution in [1.82, 2.24) is 5.32 Å². The van der Waals surface area contributed by atoms with Crippen molar-refractivity contribution in [1.29, 1.82) is 0 Å². The molecule has 6 nitrogen and oxygen atoms in total. The summed E-state index contributed by atoms with van der Waals surface area (Å²) in [6.45, 7) is 0. The fourth-order valence-electron chi connectivity index (χ4n) is 2.91. The lowest BCUT2D eigenvalue weighted by Gasteiger charge is -2.10. The molecule has 0 radical (unpaired) electrons. The second-order valence-electron chi connectivity index (χ2n) is 5.90. The summed E-state index contributed by atoms with van der Waals surface area (Å²) in [5, 5.41) is 19.9. The number of phenolic OH excluding ortho intramolecular Hbond substituents is 1. The van der Waals surface area contributed by atoms with Crippen molar-refractivity contribution in [2.24, 2.45) is 5.10 Å². The second kappa shape index (κ2) is 6.33. The molecule has 0 fully saturated rings. The Morgan fingerprint density at radius 3 is 2.54 bits per heavy atom. The van der Waals surface area contributed by atoms with Crippen LogP contribution in [-0.2, 0) is 4.79 Å². The molecule has 3 aromatic rings. The number of anilines is 1. The number of hydrazone groups is 1.